The smallest absolute Gasteiger partial charge is 0.0443 e. The van der Waals surface area contributed by atoms with Crippen LogP contribution in [0.3, 0.4) is 0 Å². The molecule has 0 unspecified atom stereocenters. The van der Waals surface area contributed by atoms with Crippen LogP contribution in [0.15, 0.2) is 42.5 Å². The molecule has 0 N–H and O–H groups in total. The maximum atomic E-state index is 5.76. The van der Waals surface area contributed by atoms with Crippen LogP contribution in [-0.4, -0.2) is 19.5 Å². The number of anilines is 1. The quantitative estimate of drug-likeness (QED) is 0.715. The average Bonchev–Trinajstić information content (AvgIpc) is 2.28. The highest BCUT2D eigenvalue weighted by atomic mass is 35.5. The first kappa shape index (κ1) is 10.3. The SMILES string of the molecule is CN(CCCl)c1cccc2ccccc12. The molecule has 0 saturated carbocycles. The molecule has 0 atom stereocenters. The number of nitrogens with zero attached hydrogens (tertiary/aromatic N) is 1. The van der Waals surface area contributed by atoms with E-state index >= 15 is 0 Å². The van der Waals surface area contributed by atoms with Gasteiger partial charge in [-0.05, 0) is 11.5 Å². The predicted octanol–water partition coefficient (Wildman–Crippen LogP) is 3.51. The van der Waals surface area contributed by atoms with E-state index in [-0.39, 0.29) is 0 Å². The van der Waals surface area contributed by atoms with Gasteiger partial charge in [0.2, 0.25) is 0 Å². The van der Waals surface area contributed by atoms with E-state index < -0.39 is 0 Å². The summed E-state index contributed by atoms with van der Waals surface area (Å²) in [5, 5.41) is 2.56. The second kappa shape index (κ2) is 4.54. The summed E-state index contributed by atoms with van der Waals surface area (Å²) in [5.74, 6) is 0.653. The van der Waals surface area contributed by atoms with Crippen LogP contribution in [0.4, 0.5) is 5.69 Å². The van der Waals surface area contributed by atoms with Crippen LogP contribution in [0.2, 0.25) is 0 Å². The Balaban J connectivity index is 2.50. The van der Waals surface area contributed by atoms with Gasteiger partial charge in [0.25, 0.3) is 0 Å². The van der Waals surface area contributed by atoms with Crippen molar-refractivity contribution in [1.29, 1.82) is 0 Å². The van der Waals surface area contributed by atoms with Crippen molar-refractivity contribution in [2.75, 3.05) is 24.4 Å². The fraction of sp³-hybridized carbons (Fsp3) is 0.231. The van der Waals surface area contributed by atoms with Gasteiger partial charge in [-0.2, -0.15) is 0 Å². The van der Waals surface area contributed by atoms with Crippen molar-refractivity contribution in [1.82, 2.24) is 0 Å². The molecule has 2 heteroatoms. The lowest BCUT2D eigenvalue weighted by molar-refractivity contribution is 0.980. The van der Waals surface area contributed by atoms with E-state index in [2.05, 4.69) is 54.4 Å². The van der Waals surface area contributed by atoms with Gasteiger partial charge < -0.3 is 4.90 Å². The summed E-state index contributed by atoms with van der Waals surface area (Å²) in [6, 6.07) is 14.8. The normalized spacial score (nSPS) is 10.5. The summed E-state index contributed by atoms with van der Waals surface area (Å²) in [6.45, 7) is 0.871. The summed E-state index contributed by atoms with van der Waals surface area (Å²) >= 11 is 5.76. The number of halogens is 1. The third-order valence-electron chi connectivity index (χ3n) is 2.60. The third-order valence-corrected chi connectivity index (χ3v) is 2.77. The molecular weight excluding hydrogens is 206 g/mol. The summed E-state index contributed by atoms with van der Waals surface area (Å²) in [4.78, 5) is 2.19. The van der Waals surface area contributed by atoms with Crippen LogP contribution in [0.1, 0.15) is 0 Å². The van der Waals surface area contributed by atoms with Gasteiger partial charge in [0.15, 0.2) is 0 Å². The molecule has 0 spiro atoms. The largest absolute Gasteiger partial charge is 0.373 e. The molecule has 0 saturated heterocycles. The molecule has 0 aliphatic rings. The molecule has 2 rings (SSSR count). The van der Waals surface area contributed by atoms with Crippen LogP contribution in [-0.2, 0) is 0 Å². The predicted molar refractivity (Wildman–Crippen MR) is 67.9 cm³/mol. The Hall–Kier alpha value is -1.21. The molecule has 1 nitrogen and oxygen atoms in total. The molecule has 15 heavy (non-hydrogen) atoms. The Morgan fingerprint density at radius 2 is 1.80 bits per heavy atom. The molecule has 0 fully saturated rings. The van der Waals surface area contributed by atoms with E-state index in [1.54, 1.807) is 0 Å². The van der Waals surface area contributed by atoms with Crippen molar-refractivity contribution in [3.8, 4) is 0 Å². The zero-order valence-electron chi connectivity index (χ0n) is 8.78. The van der Waals surface area contributed by atoms with Gasteiger partial charge in [0.1, 0.15) is 0 Å². The monoisotopic (exact) mass is 219 g/mol. The summed E-state index contributed by atoms with van der Waals surface area (Å²) < 4.78 is 0. The van der Waals surface area contributed by atoms with E-state index in [9.17, 15) is 0 Å². The first-order chi connectivity index (χ1) is 7.33. The highest BCUT2D eigenvalue weighted by Gasteiger charge is 2.03. The highest BCUT2D eigenvalue weighted by Crippen LogP contribution is 2.25. The Morgan fingerprint density at radius 3 is 2.60 bits per heavy atom. The van der Waals surface area contributed by atoms with E-state index in [4.69, 9.17) is 11.6 Å². The molecule has 0 bridgehead atoms. The van der Waals surface area contributed by atoms with Crippen molar-refractivity contribution in [3.63, 3.8) is 0 Å². The second-order valence-corrected chi connectivity index (χ2v) is 3.99. The molecule has 2 aromatic rings. The van der Waals surface area contributed by atoms with E-state index in [0.29, 0.717) is 5.88 Å². The molecule has 0 aromatic heterocycles. The maximum Gasteiger partial charge on any atom is 0.0443 e. The van der Waals surface area contributed by atoms with Crippen molar-refractivity contribution in [3.05, 3.63) is 42.5 Å². The van der Waals surface area contributed by atoms with Gasteiger partial charge in [0.05, 0.1) is 0 Å². The minimum absolute atomic E-state index is 0.653. The Bertz CT molecular complexity index is 448. The number of hydrogen-bond donors (Lipinski definition) is 0. The van der Waals surface area contributed by atoms with Gasteiger partial charge in [-0.15, -0.1) is 11.6 Å². The lowest BCUT2D eigenvalue weighted by Gasteiger charge is -2.19. The van der Waals surface area contributed by atoms with Crippen LogP contribution < -0.4 is 4.90 Å². The average molecular weight is 220 g/mol. The number of alkyl halides is 1. The minimum Gasteiger partial charge on any atom is -0.373 e. The minimum atomic E-state index is 0.653. The zero-order chi connectivity index (χ0) is 10.7. The lowest BCUT2D eigenvalue weighted by Crippen LogP contribution is -2.19. The molecule has 0 amide bonds. The first-order valence-corrected chi connectivity index (χ1v) is 5.61. The van der Waals surface area contributed by atoms with Gasteiger partial charge in [0, 0.05) is 30.5 Å². The molecule has 2 aromatic carbocycles. The van der Waals surface area contributed by atoms with Crippen LogP contribution >= 0.6 is 11.6 Å². The molecule has 78 valence electrons. The first-order valence-electron chi connectivity index (χ1n) is 5.08. The molecule has 0 radical (unpaired) electrons. The van der Waals surface area contributed by atoms with Gasteiger partial charge in [-0.25, -0.2) is 0 Å². The van der Waals surface area contributed by atoms with E-state index in [1.807, 2.05) is 0 Å². The number of benzene rings is 2. The Morgan fingerprint density at radius 1 is 1.07 bits per heavy atom. The van der Waals surface area contributed by atoms with Crippen molar-refractivity contribution in [2.24, 2.45) is 0 Å². The number of hydrogen-bond acceptors (Lipinski definition) is 1. The van der Waals surface area contributed by atoms with Gasteiger partial charge in [-0.1, -0.05) is 36.4 Å². The third kappa shape index (κ3) is 2.07. The van der Waals surface area contributed by atoms with Gasteiger partial charge in [-0.3, -0.25) is 0 Å². The number of fused-ring (bicyclic) bond motifs is 1. The van der Waals surface area contributed by atoms with Crippen molar-refractivity contribution < 1.29 is 0 Å². The van der Waals surface area contributed by atoms with Crippen LogP contribution in [0, 0.1) is 0 Å². The molecule has 0 aliphatic heterocycles. The van der Waals surface area contributed by atoms with Crippen LogP contribution in [0.5, 0.6) is 0 Å². The second-order valence-electron chi connectivity index (χ2n) is 3.61. The Kier molecular flexibility index (Phi) is 3.12. The maximum absolute atomic E-state index is 5.76. The van der Waals surface area contributed by atoms with E-state index in [0.717, 1.165) is 6.54 Å². The standard InChI is InChI=1S/C13H14ClN/c1-15(10-9-14)13-8-4-6-11-5-2-3-7-12(11)13/h2-8H,9-10H2,1H3. The van der Waals surface area contributed by atoms with Crippen LogP contribution in [0.25, 0.3) is 10.8 Å². The van der Waals surface area contributed by atoms with E-state index in [1.165, 1.54) is 16.5 Å². The molecular formula is C13H14ClN. The number of rotatable bonds is 3. The fourth-order valence-electron chi connectivity index (χ4n) is 1.79. The topological polar surface area (TPSA) is 3.24 Å². The highest BCUT2D eigenvalue weighted by molar-refractivity contribution is 6.18. The van der Waals surface area contributed by atoms with Crippen molar-refractivity contribution in [2.45, 2.75) is 0 Å². The fourth-order valence-corrected chi connectivity index (χ4v) is 2.04. The zero-order valence-corrected chi connectivity index (χ0v) is 9.54. The molecule has 0 aliphatic carbocycles. The summed E-state index contributed by atoms with van der Waals surface area (Å²) in [7, 11) is 2.07. The van der Waals surface area contributed by atoms with Gasteiger partial charge >= 0.3 is 0 Å². The summed E-state index contributed by atoms with van der Waals surface area (Å²) in [5.41, 5.74) is 1.24. The summed E-state index contributed by atoms with van der Waals surface area (Å²) in [6.07, 6.45) is 0. The lowest BCUT2D eigenvalue weighted by atomic mass is 10.1. The molecule has 0 heterocycles. The van der Waals surface area contributed by atoms with Crippen molar-refractivity contribution >= 4 is 28.1 Å². The Labute approximate surface area is 95.3 Å².